The van der Waals surface area contributed by atoms with Crippen LogP contribution in [0.25, 0.3) is 0 Å². The molecule has 0 fully saturated rings. The van der Waals surface area contributed by atoms with Gasteiger partial charge in [-0.3, -0.25) is 0 Å². The molecule has 2 nitrogen and oxygen atoms in total. The molecule has 222 valence electrons. The van der Waals surface area contributed by atoms with Crippen LogP contribution in [0.15, 0.2) is 5.16 Å². The van der Waals surface area contributed by atoms with Gasteiger partial charge in [0.05, 0.1) is 0 Å². The topological polar surface area (TPSA) is 32.6 Å². The van der Waals surface area contributed by atoms with Gasteiger partial charge in [-0.05, 0) is 18.8 Å². The van der Waals surface area contributed by atoms with Gasteiger partial charge in [-0.15, -0.1) is 5.16 Å². The van der Waals surface area contributed by atoms with Crippen LogP contribution in [0.4, 0.5) is 0 Å². The Morgan fingerprint density at radius 1 is 0.378 bits per heavy atom. The Morgan fingerprint density at radius 2 is 0.595 bits per heavy atom. The van der Waals surface area contributed by atoms with Crippen LogP contribution < -0.4 is 0 Å². The quantitative estimate of drug-likeness (QED) is 0.0406. The molecule has 0 rings (SSSR count). The minimum absolute atomic E-state index is 0.490. The SMILES string of the molecule is CCCCCCCCCCCCCCCCCC(C=NO)CCCCCCCCCCCCCCCC. The predicted octanol–water partition coefficient (Wildman–Crippen LogP) is 13.2. The van der Waals surface area contributed by atoms with Crippen molar-refractivity contribution in [3.05, 3.63) is 0 Å². The second-order valence-electron chi connectivity index (χ2n) is 12.1. The smallest absolute Gasteiger partial charge is 0.0466 e. The molecular formula is C35H71NO. The summed E-state index contributed by atoms with van der Waals surface area (Å²) in [6, 6.07) is 0. The lowest BCUT2D eigenvalue weighted by Gasteiger charge is -2.11. The van der Waals surface area contributed by atoms with Gasteiger partial charge in [-0.1, -0.05) is 200 Å². The molecule has 0 heterocycles. The van der Waals surface area contributed by atoms with Gasteiger partial charge in [0.2, 0.25) is 0 Å². The van der Waals surface area contributed by atoms with Crippen molar-refractivity contribution in [3.63, 3.8) is 0 Å². The van der Waals surface area contributed by atoms with Crippen LogP contribution in [0.1, 0.15) is 213 Å². The van der Waals surface area contributed by atoms with E-state index in [1.54, 1.807) is 0 Å². The number of hydrogen-bond donors (Lipinski definition) is 1. The van der Waals surface area contributed by atoms with E-state index in [1.807, 2.05) is 6.21 Å². The molecule has 0 spiro atoms. The first-order chi connectivity index (χ1) is 18.3. The molecule has 0 saturated carbocycles. The van der Waals surface area contributed by atoms with E-state index in [9.17, 15) is 0 Å². The third kappa shape index (κ3) is 31.6. The van der Waals surface area contributed by atoms with Gasteiger partial charge >= 0.3 is 0 Å². The minimum Gasteiger partial charge on any atom is -0.411 e. The Kier molecular flexibility index (Phi) is 33.0. The molecule has 0 amide bonds. The Bertz CT molecular complexity index is 421. The van der Waals surface area contributed by atoms with Gasteiger partial charge in [0.1, 0.15) is 0 Å². The van der Waals surface area contributed by atoms with Crippen molar-refractivity contribution in [3.8, 4) is 0 Å². The average Bonchev–Trinajstić information content (AvgIpc) is 2.91. The molecule has 0 aromatic heterocycles. The summed E-state index contributed by atoms with van der Waals surface area (Å²) in [6.07, 6.45) is 45.3. The first-order valence-corrected chi connectivity index (χ1v) is 17.5. The molecule has 2 heteroatoms. The van der Waals surface area contributed by atoms with Gasteiger partial charge in [0, 0.05) is 6.21 Å². The van der Waals surface area contributed by atoms with E-state index < -0.39 is 0 Å². The summed E-state index contributed by atoms with van der Waals surface area (Å²) in [7, 11) is 0. The number of unbranched alkanes of at least 4 members (excludes halogenated alkanes) is 27. The van der Waals surface area contributed by atoms with E-state index in [1.165, 1.54) is 199 Å². The molecular weight excluding hydrogens is 450 g/mol. The molecule has 1 atom stereocenters. The third-order valence-electron chi connectivity index (χ3n) is 8.38. The molecule has 0 bridgehead atoms. The molecule has 0 aromatic carbocycles. The molecule has 0 aliphatic carbocycles. The maximum atomic E-state index is 9.05. The predicted molar refractivity (Wildman–Crippen MR) is 168 cm³/mol. The van der Waals surface area contributed by atoms with Crippen LogP contribution in [-0.4, -0.2) is 11.4 Å². The fraction of sp³-hybridized carbons (Fsp3) is 0.971. The fourth-order valence-electron chi connectivity index (χ4n) is 5.77. The van der Waals surface area contributed by atoms with Crippen LogP contribution in [0.3, 0.4) is 0 Å². The molecule has 37 heavy (non-hydrogen) atoms. The molecule has 0 aromatic rings. The summed E-state index contributed by atoms with van der Waals surface area (Å²) >= 11 is 0. The van der Waals surface area contributed by atoms with Crippen LogP contribution in [0.2, 0.25) is 0 Å². The van der Waals surface area contributed by atoms with Crippen LogP contribution in [0, 0.1) is 5.92 Å². The molecule has 1 N–H and O–H groups in total. The van der Waals surface area contributed by atoms with E-state index in [0.717, 1.165) is 0 Å². The van der Waals surface area contributed by atoms with E-state index in [4.69, 9.17) is 5.21 Å². The second-order valence-corrected chi connectivity index (χ2v) is 12.1. The summed E-state index contributed by atoms with van der Waals surface area (Å²) < 4.78 is 0. The highest BCUT2D eigenvalue weighted by molar-refractivity contribution is 5.59. The molecule has 0 aliphatic heterocycles. The molecule has 1 unspecified atom stereocenters. The lowest BCUT2D eigenvalue weighted by Crippen LogP contribution is -2.02. The first-order valence-electron chi connectivity index (χ1n) is 17.5. The van der Waals surface area contributed by atoms with Crippen molar-refractivity contribution in [2.45, 2.75) is 213 Å². The summed E-state index contributed by atoms with van der Waals surface area (Å²) in [5.74, 6) is 0.490. The second kappa shape index (κ2) is 33.5. The van der Waals surface area contributed by atoms with Crippen LogP contribution in [0.5, 0.6) is 0 Å². The summed E-state index contributed by atoms with van der Waals surface area (Å²) in [5, 5.41) is 12.4. The lowest BCUT2D eigenvalue weighted by molar-refractivity contribution is 0.316. The van der Waals surface area contributed by atoms with Gasteiger partial charge in [-0.2, -0.15) is 0 Å². The summed E-state index contributed by atoms with van der Waals surface area (Å²) in [6.45, 7) is 4.59. The van der Waals surface area contributed by atoms with Crippen molar-refractivity contribution in [2.75, 3.05) is 0 Å². The minimum atomic E-state index is 0.490. The molecule has 0 saturated heterocycles. The number of rotatable bonds is 32. The highest BCUT2D eigenvalue weighted by Crippen LogP contribution is 2.19. The van der Waals surface area contributed by atoms with Crippen molar-refractivity contribution in [1.29, 1.82) is 0 Å². The van der Waals surface area contributed by atoms with Gasteiger partial charge < -0.3 is 5.21 Å². The Balaban J connectivity index is 3.38. The standard InChI is InChI=1S/C35H71NO/c1-3-5-7-9-11-13-15-17-19-21-23-25-27-29-31-33-35(34-36-37)32-30-28-26-24-22-20-18-16-14-12-10-8-6-4-2/h34-35,37H,3-33H2,1-2H3. The molecule has 0 radical (unpaired) electrons. The highest BCUT2D eigenvalue weighted by Gasteiger charge is 2.06. The fourth-order valence-corrected chi connectivity index (χ4v) is 5.77. The number of oxime groups is 1. The van der Waals surface area contributed by atoms with Gasteiger partial charge in [0.15, 0.2) is 0 Å². The van der Waals surface area contributed by atoms with Crippen molar-refractivity contribution >= 4 is 6.21 Å². The maximum Gasteiger partial charge on any atom is 0.0466 e. The van der Waals surface area contributed by atoms with E-state index in [-0.39, 0.29) is 0 Å². The molecule has 0 aliphatic rings. The van der Waals surface area contributed by atoms with Gasteiger partial charge in [0.25, 0.3) is 0 Å². The van der Waals surface area contributed by atoms with Gasteiger partial charge in [-0.25, -0.2) is 0 Å². The number of nitrogens with zero attached hydrogens (tertiary/aromatic N) is 1. The first kappa shape index (κ1) is 36.5. The van der Waals surface area contributed by atoms with E-state index >= 15 is 0 Å². The maximum absolute atomic E-state index is 9.05. The normalized spacial score (nSPS) is 12.6. The zero-order valence-electron chi connectivity index (χ0n) is 26.0. The van der Waals surface area contributed by atoms with Crippen LogP contribution >= 0.6 is 0 Å². The lowest BCUT2D eigenvalue weighted by atomic mass is 9.95. The van der Waals surface area contributed by atoms with Crippen LogP contribution in [-0.2, 0) is 0 Å². The summed E-state index contributed by atoms with van der Waals surface area (Å²) in [4.78, 5) is 0. The zero-order chi connectivity index (χ0) is 26.9. The van der Waals surface area contributed by atoms with E-state index in [2.05, 4.69) is 19.0 Å². The van der Waals surface area contributed by atoms with Crippen molar-refractivity contribution in [2.24, 2.45) is 11.1 Å². The van der Waals surface area contributed by atoms with Crippen molar-refractivity contribution in [1.82, 2.24) is 0 Å². The highest BCUT2D eigenvalue weighted by atomic mass is 16.4. The monoisotopic (exact) mass is 522 g/mol. The third-order valence-corrected chi connectivity index (χ3v) is 8.38. The van der Waals surface area contributed by atoms with E-state index in [0.29, 0.717) is 5.92 Å². The Labute approximate surface area is 235 Å². The number of hydrogen-bond acceptors (Lipinski definition) is 2. The Morgan fingerprint density at radius 3 is 0.811 bits per heavy atom. The average molecular weight is 522 g/mol. The summed E-state index contributed by atoms with van der Waals surface area (Å²) in [5.41, 5.74) is 0. The van der Waals surface area contributed by atoms with Crippen molar-refractivity contribution < 1.29 is 5.21 Å². The Hall–Kier alpha value is -0.530. The zero-order valence-corrected chi connectivity index (χ0v) is 26.0. The largest absolute Gasteiger partial charge is 0.411 e.